The summed E-state index contributed by atoms with van der Waals surface area (Å²) in [6.45, 7) is 0. The van der Waals surface area contributed by atoms with Crippen LogP contribution < -0.4 is 0 Å². The quantitative estimate of drug-likeness (QED) is 0.206. The number of nitrogens with zero attached hydrogens (tertiary/aromatic N) is 3. The van der Waals surface area contributed by atoms with Crippen molar-refractivity contribution in [3.8, 4) is 22.4 Å². The molecule has 34 heavy (non-hydrogen) atoms. The Bertz CT molecular complexity index is 1800. The van der Waals surface area contributed by atoms with Crippen molar-refractivity contribution in [3.63, 3.8) is 0 Å². The van der Waals surface area contributed by atoms with Crippen LogP contribution in [0.25, 0.3) is 65.7 Å². The van der Waals surface area contributed by atoms with E-state index in [9.17, 15) is 0 Å². The first kappa shape index (κ1) is 18.9. The number of benzene rings is 4. The molecule has 0 amide bonds. The molecule has 3 heteroatoms. The molecule has 0 N–H and O–H groups in total. The molecule has 0 unspecified atom stereocenters. The lowest BCUT2D eigenvalue weighted by Crippen LogP contribution is -1.94. The van der Waals surface area contributed by atoms with Crippen LogP contribution in [-0.4, -0.2) is 15.0 Å². The van der Waals surface area contributed by atoms with Gasteiger partial charge in [0.2, 0.25) is 0 Å². The maximum absolute atomic E-state index is 5.19. The second-order valence-electron chi connectivity index (χ2n) is 8.49. The summed E-state index contributed by atoms with van der Waals surface area (Å²) < 4.78 is 0. The van der Waals surface area contributed by atoms with Crippen molar-refractivity contribution in [2.45, 2.75) is 0 Å². The fourth-order valence-electron chi connectivity index (χ4n) is 5.08. The van der Waals surface area contributed by atoms with Crippen LogP contribution in [-0.2, 0) is 0 Å². The van der Waals surface area contributed by atoms with Crippen LogP contribution in [0.1, 0.15) is 0 Å². The first-order valence-corrected chi connectivity index (χ1v) is 11.4. The number of rotatable bonds is 2. The van der Waals surface area contributed by atoms with Gasteiger partial charge in [-0.3, -0.25) is 9.97 Å². The Balaban J connectivity index is 1.63. The monoisotopic (exact) mass is 433 g/mol. The Kier molecular flexibility index (Phi) is 4.15. The predicted molar refractivity (Wildman–Crippen MR) is 141 cm³/mol. The molecule has 7 rings (SSSR count). The largest absolute Gasteiger partial charge is 0.264 e. The zero-order chi connectivity index (χ0) is 22.5. The minimum atomic E-state index is 0.920. The Morgan fingerprint density at radius 2 is 1.18 bits per heavy atom. The molecular formula is C31H19N3. The van der Waals surface area contributed by atoms with Gasteiger partial charge in [-0.05, 0) is 45.5 Å². The zero-order valence-corrected chi connectivity index (χ0v) is 18.3. The summed E-state index contributed by atoms with van der Waals surface area (Å²) >= 11 is 0. The summed E-state index contributed by atoms with van der Waals surface area (Å²) in [5.74, 6) is 0. The van der Waals surface area contributed by atoms with Crippen molar-refractivity contribution in [3.05, 3.63) is 116 Å². The fraction of sp³-hybridized carbons (Fsp3) is 0. The molecule has 3 nitrogen and oxygen atoms in total. The third kappa shape index (κ3) is 2.81. The van der Waals surface area contributed by atoms with Gasteiger partial charge in [0.15, 0.2) is 0 Å². The van der Waals surface area contributed by atoms with Gasteiger partial charge < -0.3 is 0 Å². The third-order valence-electron chi connectivity index (χ3n) is 6.58. The molecule has 0 aliphatic heterocycles. The van der Waals surface area contributed by atoms with E-state index in [0.717, 1.165) is 38.4 Å². The second kappa shape index (κ2) is 7.46. The highest BCUT2D eigenvalue weighted by atomic mass is 14.8. The number of pyridine rings is 3. The van der Waals surface area contributed by atoms with Crippen LogP contribution in [0.4, 0.5) is 0 Å². The van der Waals surface area contributed by atoms with Crippen LogP contribution in [0.3, 0.4) is 0 Å². The smallest absolute Gasteiger partial charge is 0.0972 e. The summed E-state index contributed by atoms with van der Waals surface area (Å²) in [5.41, 5.74) is 6.30. The molecular weight excluding hydrogens is 414 g/mol. The van der Waals surface area contributed by atoms with Crippen LogP contribution in [0.5, 0.6) is 0 Å². The molecule has 4 aromatic carbocycles. The van der Waals surface area contributed by atoms with E-state index >= 15 is 0 Å². The Morgan fingerprint density at radius 1 is 0.471 bits per heavy atom. The van der Waals surface area contributed by atoms with Gasteiger partial charge in [0, 0.05) is 40.3 Å². The molecule has 3 aromatic heterocycles. The van der Waals surface area contributed by atoms with Gasteiger partial charge in [0.1, 0.15) is 0 Å². The van der Waals surface area contributed by atoms with E-state index < -0.39 is 0 Å². The minimum absolute atomic E-state index is 0.920. The highest BCUT2D eigenvalue weighted by Crippen LogP contribution is 2.43. The van der Waals surface area contributed by atoms with Gasteiger partial charge in [-0.1, -0.05) is 78.9 Å². The predicted octanol–water partition coefficient (Wildman–Crippen LogP) is 7.82. The standard InChI is InChI=1S/C31H19N3/c1-2-7-20(8-3-1)28-23-10-4-5-11-24(23)29(26-19-32-18-16-25(26)28)27-15-14-22-13-12-21-9-6-17-33-30(21)31(22)34-27/h1-19H. The minimum Gasteiger partial charge on any atom is -0.264 e. The summed E-state index contributed by atoms with van der Waals surface area (Å²) in [6, 6.07) is 33.8. The molecule has 0 saturated heterocycles. The van der Waals surface area contributed by atoms with Gasteiger partial charge in [-0.2, -0.15) is 0 Å². The fourth-order valence-corrected chi connectivity index (χ4v) is 5.08. The van der Waals surface area contributed by atoms with Crippen LogP contribution in [0.15, 0.2) is 116 Å². The molecule has 0 radical (unpaired) electrons. The average Bonchev–Trinajstić information content (AvgIpc) is 2.92. The van der Waals surface area contributed by atoms with Crippen molar-refractivity contribution < 1.29 is 0 Å². The van der Waals surface area contributed by atoms with Crippen LogP contribution >= 0.6 is 0 Å². The van der Waals surface area contributed by atoms with Crippen molar-refractivity contribution >= 4 is 43.4 Å². The molecule has 7 aromatic rings. The van der Waals surface area contributed by atoms with Gasteiger partial charge in [0.05, 0.1) is 16.7 Å². The molecule has 0 spiro atoms. The maximum atomic E-state index is 5.19. The third-order valence-corrected chi connectivity index (χ3v) is 6.58. The average molecular weight is 434 g/mol. The molecule has 0 bridgehead atoms. The van der Waals surface area contributed by atoms with Gasteiger partial charge in [-0.25, -0.2) is 4.98 Å². The van der Waals surface area contributed by atoms with E-state index in [1.165, 1.54) is 27.3 Å². The van der Waals surface area contributed by atoms with E-state index in [1.54, 1.807) is 0 Å². The van der Waals surface area contributed by atoms with E-state index in [0.29, 0.717) is 0 Å². The van der Waals surface area contributed by atoms with Crippen molar-refractivity contribution in [1.82, 2.24) is 15.0 Å². The van der Waals surface area contributed by atoms with Crippen LogP contribution in [0, 0.1) is 0 Å². The SMILES string of the molecule is c1ccc(-c2c3ccccc3c(-c3ccc4ccc5cccnc5c4n3)c3cnccc23)cc1. The zero-order valence-electron chi connectivity index (χ0n) is 18.3. The van der Waals surface area contributed by atoms with Crippen LogP contribution in [0.2, 0.25) is 0 Å². The molecule has 0 aliphatic rings. The Morgan fingerprint density at radius 3 is 2.03 bits per heavy atom. The Hall–Kier alpha value is -4.63. The topological polar surface area (TPSA) is 38.7 Å². The maximum Gasteiger partial charge on any atom is 0.0972 e. The van der Waals surface area contributed by atoms with E-state index in [2.05, 4.69) is 101 Å². The molecule has 0 aliphatic carbocycles. The summed E-state index contributed by atoms with van der Waals surface area (Å²) in [7, 11) is 0. The van der Waals surface area contributed by atoms with E-state index in [4.69, 9.17) is 4.98 Å². The lowest BCUT2D eigenvalue weighted by Gasteiger charge is -2.17. The number of fused-ring (bicyclic) bond motifs is 5. The van der Waals surface area contributed by atoms with Gasteiger partial charge in [-0.15, -0.1) is 0 Å². The van der Waals surface area contributed by atoms with E-state index in [-0.39, 0.29) is 0 Å². The van der Waals surface area contributed by atoms with E-state index in [1.807, 2.05) is 24.7 Å². The second-order valence-corrected chi connectivity index (χ2v) is 8.49. The normalized spacial score (nSPS) is 11.5. The molecule has 0 saturated carbocycles. The molecule has 0 atom stereocenters. The first-order chi connectivity index (χ1) is 16.9. The summed E-state index contributed by atoms with van der Waals surface area (Å²) in [6.07, 6.45) is 5.68. The Labute approximate surface area is 196 Å². The summed E-state index contributed by atoms with van der Waals surface area (Å²) in [5, 5.41) is 6.83. The lowest BCUT2D eigenvalue weighted by molar-refractivity contribution is 1.35. The number of hydrogen-bond acceptors (Lipinski definition) is 3. The molecule has 0 fully saturated rings. The molecule has 158 valence electrons. The highest BCUT2D eigenvalue weighted by Gasteiger charge is 2.17. The summed E-state index contributed by atoms with van der Waals surface area (Å²) in [4.78, 5) is 14.3. The first-order valence-electron chi connectivity index (χ1n) is 11.4. The highest BCUT2D eigenvalue weighted by molar-refractivity contribution is 6.21. The van der Waals surface area contributed by atoms with Crippen molar-refractivity contribution in [2.24, 2.45) is 0 Å². The van der Waals surface area contributed by atoms with Crippen molar-refractivity contribution in [1.29, 1.82) is 0 Å². The number of hydrogen-bond donors (Lipinski definition) is 0. The van der Waals surface area contributed by atoms with Crippen molar-refractivity contribution in [2.75, 3.05) is 0 Å². The number of aromatic nitrogens is 3. The molecule has 3 heterocycles. The van der Waals surface area contributed by atoms with Gasteiger partial charge in [0.25, 0.3) is 0 Å². The lowest BCUT2D eigenvalue weighted by atomic mass is 9.88. The van der Waals surface area contributed by atoms with Gasteiger partial charge >= 0.3 is 0 Å².